The predicted octanol–water partition coefficient (Wildman–Crippen LogP) is 7.03. The van der Waals surface area contributed by atoms with Crippen molar-refractivity contribution < 1.29 is 26.4 Å². The minimum absolute atomic E-state index is 0.0411. The van der Waals surface area contributed by atoms with E-state index in [4.69, 9.17) is 0 Å². The molecule has 0 fully saturated rings. The van der Waals surface area contributed by atoms with Gasteiger partial charge in [0.2, 0.25) is 0 Å². The smallest absolute Gasteiger partial charge is 0.261 e. The van der Waals surface area contributed by atoms with Gasteiger partial charge >= 0.3 is 0 Å². The van der Waals surface area contributed by atoms with Crippen LogP contribution in [-0.4, -0.2) is 28.6 Å². The summed E-state index contributed by atoms with van der Waals surface area (Å²) in [4.78, 5) is 25.7. The lowest BCUT2D eigenvalue weighted by Gasteiger charge is -2.11. The average Bonchev–Trinajstić information content (AvgIpc) is 3.05. The van der Waals surface area contributed by atoms with Crippen LogP contribution in [0.5, 0.6) is 0 Å². The highest BCUT2D eigenvalue weighted by molar-refractivity contribution is 7.93. The molecule has 4 N–H and O–H groups in total. The van der Waals surface area contributed by atoms with Crippen molar-refractivity contribution in [2.24, 2.45) is 0 Å². The van der Waals surface area contributed by atoms with Gasteiger partial charge in [-0.2, -0.15) is 0 Å². The van der Waals surface area contributed by atoms with Crippen molar-refractivity contribution in [3.05, 3.63) is 143 Å². The van der Waals surface area contributed by atoms with Crippen LogP contribution in [0.4, 0.5) is 22.7 Å². The number of rotatable bonds is 10. The van der Waals surface area contributed by atoms with Crippen LogP contribution in [0.15, 0.2) is 119 Å². The first-order valence-electron chi connectivity index (χ1n) is 14.8. The van der Waals surface area contributed by atoms with Crippen molar-refractivity contribution in [3.8, 4) is 0 Å². The number of sulfonamides is 2. The van der Waals surface area contributed by atoms with E-state index >= 15 is 0 Å². The molecule has 5 rings (SSSR count). The SMILES string of the molecule is Cc1ccc(NS(=O)(=O)c2ccc(NC(=O)c3ccc(C(=O)Nc4ccc(S(=O)(=O)Nc5ccc(C)c(C)c5)cc4)cc3)cc2)cc1C. The zero-order chi connectivity index (χ0) is 34.6. The molecule has 0 saturated carbocycles. The highest BCUT2D eigenvalue weighted by atomic mass is 32.2. The van der Waals surface area contributed by atoms with Crippen LogP contribution in [0.1, 0.15) is 43.0 Å². The molecule has 0 bridgehead atoms. The second kappa shape index (κ2) is 13.7. The lowest BCUT2D eigenvalue weighted by atomic mass is 10.1. The summed E-state index contributed by atoms with van der Waals surface area (Å²) in [7, 11) is -7.66. The van der Waals surface area contributed by atoms with Crippen molar-refractivity contribution in [3.63, 3.8) is 0 Å². The molecular formula is C36H34N4O6S2. The fraction of sp³-hybridized carbons (Fsp3) is 0.111. The topological polar surface area (TPSA) is 151 Å². The summed E-state index contributed by atoms with van der Waals surface area (Å²) in [5, 5.41) is 5.44. The van der Waals surface area contributed by atoms with Crippen LogP contribution >= 0.6 is 0 Å². The number of nitrogens with one attached hydrogen (secondary N) is 4. The molecule has 0 aliphatic heterocycles. The number of hydrogen-bond donors (Lipinski definition) is 4. The van der Waals surface area contributed by atoms with Crippen molar-refractivity contribution in [2.75, 3.05) is 20.1 Å². The summed E-state index contributed by atoms with van der Waals surface area (Å²) in [6.07, 6.45) is 0. The number of aryl methyl sites for hydroxylation is 4. The molecule has 0 aliphatic rings. The summed E-state index contributed by atoms with van der Waals surface area (Å²) in [6.45, 7) is 7.69. The van der Waals surface area contributed by atoms with Crippen LogP contribution in [0.25, 0.3) is 0 Å². The van der Waals surface area contributed by atoms with E-state index in [0.717, 1.165) is 22.3 Å². The molecule has 0 aliphatic carbocycles. The van der Waals surface area contributed by atoms with Gasteiger partial charge in [0.05, 0.1) is 9.79 Å². The van der Waals surface area contributed by atoms with Crippen molar-refractivity contribution >= 4 is 54.6 Å². The van der Waals surface area contributed by atoms with Gasteiger partial charge in [0.1, 0.15) is 0 Å². The number of hydrogen-bond acceptors (Lipinski definition) is 6. The maximum Gasteiger partial charge on any atom is 0.261 e. The molecule has 5 aromatic rings. The molecular weight excluding hydrogens is 649 g/mol. The molecule has 48 heavy (non-hydrogen) atoms. The van der Waals surface area contributed by atoms with Gasteiger partial charge in [-0.1, -0.05) is 12.1 Å². The van der Waals surface area contributed by atoms with Crippen molar-refractivity contribution in [1.29, 1.82) is 0 Å². The van der Waals surface area contributed by atoms with Crippen molar-refractivity contribution in [2.45, 2.75) is 37.5 Å². The largest absolute Gasteiger partial charge is 0.322 e. The lowest BCUT2D eigenvalue weighted by Crippen LogP contribution is -2.15. The Balaban J connectivity index is 1.17. The maximum atomic E-state index is 12.8. The van der Waals surface area contributed by atoms with E-state index in [0.29, 0.717) is 22.7 Å². The Hall–Kier alpha value is -5.46. The van der Waals surface area contributed by atoms with E-state index in [9.17, 15) is 26.4 Å². The zero-order valence-electron chi connectivity index (χ0n) is 26.7. The number of carbonyl (C=O) groups excluding carboxylic acids is 2. The quantitative estimate of drug-likeness (QED) is 0.124. The van der Waals surface area contributed by atoms with Gasteiger partial charge in [0.15, 0.2) is 0 Å². The summed E-state index contributed by atoms with van der Waals surface area (Å²) < 4.78 is 56.5. The Kier molecular flexibility index (Phi) is 9.69. The standard InChI is InChI=1S/C36H34N4O6S2/c1-23-5-11-31(21-25(23)3)39-47(43,44)33-17-13-29(14-18-33)37-35(41)27-7-9-28(10-8-27)36(42)38-30-15-19-34(20-16-30)48(45,46)40-32-12-6-24(2)26(4)22-32/h5-22,39-40H,1-4H3,(H,37,41)(H,38,42). The number of benzene rings is 5. The van der Waals surface area contributed by atoms with E-state index in [2.05, 4.69) is 20.1 Å². The van der Waals surface area contributed by atoms with E-state index in [1.807, 2.05) is 39.8 Å². The molecule has 0 aromatic heterocycles. The molecule has 246 valence electrons. The summed E-state index contributed by atoms with van der Waals surface area (Å²) in [6, 6.07) is 28.1. The Morgan fingerprint density at radius 2 is 0.729 bits per heavy atom. The van der Waals surface area contributed by atoms with Gasteiger partial charge in [0.25, 0.3) is 31.9 Å². The Bertz CT molecular complexity index is 2060. The molecule has 0 saturated heterocycles. The van der Waals surface area contributed by atoms with E-state index in [1.54, 1.807) is 24.3 Å². The van der Waals surface area contributed by atoms with Crippen molar-refractivity contribution in [1.82, 2.24) is 0 Å². The Labute approximate surface area is 280 Å². The third-order valence-corrected chi connectivity index (χ3v) is 10.6. The molecule has 0 spiro atoms. The first-order chi connectivity index (χ1) is 22.7. The van der Waals surface area contributed by atoms with Crippen LogP contribution in [0, 0.1) is 27.7 Å². The predicted molar refractivity (Wildman–Crippen MR) is 189 cm³/mol. The molecule has 12 heteroatoms. The molecule has 0 heterocycles. The van der Waals surface area contributed by atoms with Gasteiger partial charge in [-0.3, -0.25) is 19.0 Å². The minimum atomic E-state index is -3.83. The van der Waals surface area contributed by atoms with E-state index < -0.39 is 31.9 Å². The van der Waals surface area contributed by atoms with Crippen LogP contribution < -0.4 is 20.1 Å². The van der Waals surface area contributed by atoms with Gasteiger partial charge in [-0.15, -0.1) is 0 Å². The minimum Gasteiger partial charge on any atom is -0.322 e. The zero-order valence-corrected chi connectivity index (χ0v) is 28.3. The van der Waals surface area contributed by atoms with E-state index in [1.165, 1.54) is 72.8 Å². The monoisotopic (exact) mass is 682 g/mol. The molecule has 5 aromatic carbocycles. The summed E-state index contributed by atoms with van der Waals surface area (Å²) in [5.41, 5.74) is 6.29. The third-order valence-electron chi connectivity index (χ3n) is 7.77. The number of amides is 2. The molecule has 10 nitrogen and oxygen atoms in total. The molecule has 0 atom stereocenters. The second-order valence-corrected chi connectivity index (χ2v) is 14.7. The summed E-state index contributed by atoms with van der Waals surface area (Å²) >= 11 is 0. The van der Waals surface area contributed by atoms with Crippen LogP contribution in [0.3, 0.4) is 0 Å². The average molecular weight is 683 g/mol. The van der Waals surface area contributed by atoms with Gasteiger partial charge < -0.3 is 10.6 Å². The van der Waals surface area contributed by atoms with Gasteiger partial charge in [-0.05, 0) is 147 Å². The second-order valence-electron chi connectivity index (χ2n) is 11.3. The van der Waals surface area contributed by atoms with E-state index in [-0.39, 0.29) is 20.9 Å². The number of anilines is 4. The van der Waals surface area contributed by atoms with Crippen LogP contribution in [0.2, 0.25) is 0 Å². The molecule has 0 radical (unpaired) electrons. The molecule has 0 unspecified atom stereocenters. The highest BCUT2D eigenvalue weighted by Crippen LogP contribution is 2.23. The first kappa shape index (κ1) is 33.9. The molecule has 2 amide bonds. The maximum absolute atomic E-state index is 12.8. The highest BCUT2D eigenvalue weighted by Gasteiger charge is 2.17. The van der Waals surface area contributed by atoms with Gasteiger partial charge in [-0.25, -0.2) is 16.8 Å². The third kappa shape index (κ3) is 8.08. The summed E-state index contributed by atoms with van der Waals surface area (Å²) in [5.74, 6) is -0.894. The first-order valence-corrected chi connectivity index (χ1v) is 17.8. The van der Waals surface area contributed by atoms with Crippen LogP contribution in [-0.2, 0) is 20.0 Å². The van der Waals surface area contributed by atoms with Gasteiger partial charge in [0, 0.05) is 33.9 Å². The number of carbonyl (C=O) groups is 2. The fourth-order valence-electron chi connectivity index (χ4n) is 4.65. The Morgan fingerprint density at radius 1 is 0.417 bits per heavy atom. The Morgan fingerprint density at radius 3 is 1.04 bits per heavy atom. The normalized spacial score (nSPS) is 11.4. The lowest BCUT2D eigenvalue weighted by molar-refractivity contribution is 0.101. The fourth-order valence-corrected chi connectivity index (χ4v) is 6.75.